The first-order valence-electron chi connectivity index (χ1n) is 7.48. The van der Waals surface area contributed by atoms with Crippen LogP contribution in [0.4, 0.5) is 11.4 Å². The van der Waals surface area contributed by atoms with Crippen molar-refractivity contribution < 1.29 is 19.6 Å². The minimum absolute atomic E-state index is 0.0356. The fourth-order valence-electron chi connectivity index (χ4n) is 1.96. The quantitative estimate of drug-likeness (QED) is 0.345. The number of anilines is 1. The zero-order chi connectivity index (χ0) is 17.2. The van der Waals surface area contributed by atoms with Crippen LogP contribution in [0.1, 0.15) is 43.0 Å². The van der Waals surface area contributed by atoms with Crippen molar-refractivity contribution in [1.82, 2.24) is 5.32 Å². The molecule has 0 unspecified atom stereocenters. The molecule has 23 heavy (non-hydrogen) atoms. The van der Waals surface area contributed by atoms with E-state index in [1.54, 1.807) is 0 Å². The van der Waals surface area contributed by atoms with Gasteiger partial charge in [0.25, 0.3) is 11.6 Å². The Bertz CT molecular complexity index is 574. The van der Waals surface area contributed by atoms with E-state index in [9.17, 15) is 19.7 Å². The molecule has 8 heteroatoms. The molecule has 0 bridgehead atoms. The van der Waals surface area contributed by atoms with Gasteiger partial charge in [-0.1, -0.05) is 19.8 Å². The molecule has 0 radical (unpaired) electrons. The lowest BCUT2D eigenvalue weighted by Crippen LogP contribution is -2.27. The van der Waals surface area contributed by atoms with Crippen LogP contribution in [0.3, 0.4) is 0 Å². The maximum Gasteiger partial charge on any atom is 0.305 e. The monoisotopic (exact) mass is 323 g/mol. The lowest BCUT2D eigenvalue weighted by Gasteiger charge is -2.12. The summed E-state index contributed by atoms with van der Waals surface area (Å²) < 4.78 is 0. The standard InChI is InChI=1S/C15H21N3O5/c1-2-3-4-8-16-13-6-5-11(18(22)23)10-12(13)15(21)17-9-7-14(19)20/h5-6,10,16H,2-4,7-9H2,1H3,(H,17,21)(H,19,20). The van der Waals surface area contributed by atoms with Crippen LogP contribution in [0.25, 0.3) is 0 Å². The number of non-ortho nitro benzene ring substituents is 1. The highest BCUT2D eigenvalue weighted by Gasteiger charge is 2.16. The van der Waals surface area contributed by atoms with E-state index in [1.807, 2.05) is 0 Å². The number of hydrogen-bond acceptors (Lipinski definition) is 5. The Kier molecular flexibility index (Phi) is 7.52. The Hall–Kier alpha value is -2.64. The van der Waals surface area contributed by atoms with Crippen molar-refractivity contribution in [2.75, 3.05) is 18.4 Å². The number of carbonyl (C=O) groups is 2. The van der Waals surface area contributed by atoms with Gasteiger partial charge in [0.15, 0.2) is 0 Å². The number of carbonyl (C=O) groups excluding carboxylic acids is 1. The van der Waals surface area contributed by atoms with E-state index in [2.05, 4.69) is 17.6 Å². The first-order valence-corrected chi connectivity index (χ1v) is 7.48. The molecule has 126 valence electrons. The zero-order valence-electron chi connectivity index (χ0n) is 13.0. The average Bonchev–Trinajstić information content (AvgIpc) is 2.51. The van der Waals surface area contributed by atoms with Gasteiger partial charge in [-0.3, -0.25) is 19.7 Å². The zero-order valence-corrected chi connectivity index (χ0v) is 13.0. The smallest absolute Gasteiger partial charge is 0.305 e. The molecule has 0 spiro atoms. The normalized spacial score (nSPS) is 10.1. The molecule has 0 saturated heterocycles. The Morgan fingerprint density at radius 1 is 1.26 bits per heavy atom. The third kappa shape index (κ3) is 6.33. The Morgan fingerprint density at radius 2 is 2.00 bits per heavy atom. The van der Waals surface area contributed by atoms with Crippen LogP contribution in [0, 0.1) is 10.1 Å². The predicted octanol–water partition coefficient (Wildman–Crippen LogP) is 2.40. The molecule has 0 aliphatic carbocycles. The molecule has 1 amide bonds. The second kappa shape index (κ2) is 9.39. The van der Waals surface area contributed by atoms with Gasteiger partial charge in [-0.25, -0.2) is 0 Å². The number of rotatable bonds is 10. The summed E-state index contributed by atoms with van der Waals surface area (Å²) in [5.41, 5.74) is 0.452. The number of hydrogen-bond donors (Lipinski definition) is 3. The topological polar surface area (TPSA) is 122 Å². The number of aliphatic carboxylic acids is 1. The van der Waals surface area contributed by atoms with Crippen molar-refractivity contribution in [3.8, 4) is 0 Å². The first-order chi connectivity index (χ1) is 11.0. The lowest BCUT2D eigenvalue weighted by atomic mass is 10.1. The first kappa shape index (κ1) is 18.4. The molecule has 8 nitrogen and oxygen atoms in total. The summed E-state index contributed by atoms with van der Waals surface area (Å²) in [6.07, 6.45) is 2.82. The molecule has 1 aromatic carbocycles. The van der Waals surface area contributed by atoms with Crippen LogP contribution in [0.15, 0.2) is 18.2 Å². The van der Waals surface area contributed by atoms with Crippen molar-refractivity contribution in [1.29, 1.82) is 0 Å². The van der Waals surface area contributed by atoms with E-state index in [4.69, 9.17) is 5.11 Å². The number of amides is 1. The number of carboxylic acid groups (broad SMARTS) is 1. The van der Waals surface area contributed by atoms with Crippen LogP contribution in [-0.2, 0) is 4.79 Å². The largest absolute Gasteiger partial charge is 0.481 e. The second-order valence-corrected chi connectivity index (χ2v) is 5.02. The van der Waals surface area contributed by atoms with Crippen LogP contribution >= 0.6 is 0 Å². The molecule has 0 heterocycles. The number of nitro benzene ring substituents is 1. The van der Waals surface area contributed by atoms with Crippen molar-refractivity contribution >= 4 is 23.3 Å². The molecule has 0 aliphatic heterocycles. The summed E-state index contributed by atoms with van der Waals surface area (Å²) in [7, 11) is 0. The van der Waals surface area contributed by atoms with Gasteiger partial charge in [-0.2, -0.15) is 0 Å². The highest BCUT2D eigenvalue weighted by atomic mass is 16.6. The number of nitrogens with zero attached hydrogens (tertiary/aromatic N) is 1. The summed E-state index contributed by atoms with van der Waals surface area (Å²) in [4.78, 5) is 32.9. The highest BCUT2D eigenvalue weighted by Crippen LogP contribution is 2.22. The molecular formula is C15H21N3O5. The van der Waals surface area contributed by atoms with E-state index >= 15 is 0 Å². The van der Waals surface area contributed by atoms with Crippen LogP contribution in [0.5, 0.6) is 0 Å². The van der Waals surface area contributed by atoms with E-state index in [0.29, 0.717) is 12.2 Å². The highest BCUT2D eigenvalue weighted by molar-refractivity contribution is 6.00. The average molecular weight is 323 g/mol. The molecule has 1 rings (SSSR count). The summed E-state index contributed by atoms with van der Waals surface area (Å²) in [5, 5.41) is 25.0. The van der Waals surface area contributed by atoms with Crippen molar-refractivity contribution in [3.63, 3.8) is 0 Å². The van der Waals surface area contributed by atoms with Gasteiger partial charge < -0.3 is 15.7 Å². The van der Waals surface area contributed by atoms with Gasteiger partial charge in [0.1, 0.15) is 0 Å². The lowest BCUT2D eigenvalue weighted by molar-refractivity contribution is -0.384. The molecular weight excluding hydrogens is 302 g/mol. The number of nitro groups is 1. The minimum atomic E-state index is -1.03. The van der Waals surface area contributed by atoms with Crippen molar-refractivity contribution in [2.45, 2.75) is 32.6 Å². The third-order valence-electron chi connectivity index (χ3n) is 3.18. The van der Waals surface area contributed by atoms with E-state index in [-0.39, 0.29) is 24.2 Å². The predicted molar refractivity (Wildman–Crippen MR) is 85.7 cm³/mol. The van der Waals surface area contributed by atoms with Gasteiger partial charge in [-0.15, -0.1) is 0 Å². The van der Waals surface area contributed by atoms with Crippen molar-refractivity contribution in [3.05, 3.63) is 33.9 Å². The Labute approximate surface area is 134 Å². The molecule has 1 aromatic rings. The van der Waals surface area contributed by atoms with Gasteiger partial charge >= 0.3 is 5.97 Å². The minimum Gasteiger partial charge on any atom is -0.481 e. The maximum absolute atomic E-state index is 12.1. The fraction of sp³-hybridized carbons (Fsp3) is 0.467. The molecule has 3 N–H and O–H groups in total. The van der Waals surface area contributed by atoms with Crippen LogP contribution in [-0.4, -0.2) is 35.0 Å². The van der Waals surface area contributed by atoms with Crippen LogP contribution in [0.2, 0.25) is 0 Å². The molecule has 0 aliphatic rings. The SMILES string of the molecule is CCCCCNc1ccc([N+](=O)[O-])cc1C(=O)NCCC(=O)O. The van der Waals surface area contributed by atoms with Gasteiger partial charge in [0.2, 0.25) is 0 Å². The summed E-state index contributed by atoms with van der Waals surface area (Å²) in [5.74, 6) is -1.56. The molecule has 0 fully saturated rings. The van der Waals surface area contributed by atoms with Crippen molar-refractivity contribution in [2.24, 2.45) is 0 Å². The second-order valence-electron chi connectivity index (χ2n) is 5.02. The molecule has 0 saturated carbocycles. The Morgan fingerprint density at radius 3 is 2.61 bits per heavy atom. The maximum atomic E-state index is 12.1. The number of benzene rings is 1. The fourth-order valence-corrected chi connectivity index (χ4v) is 1.96. The van der Waals surface area contributed by atoms with E-state index in [0.717, 1.165) is 19.3 Å². The third-order valence-corrected chi connectivity index (χ3v) is 3.18. The summed E-state index contributed by atoms with van der Waals surface area (Å²) in [6, 6.07) is 4.02. The Balaban J connectivity index is 2.85. The van der Waals surface area contributed by atoms with E-state index in [1.165, 1.54) is 18.2 Å². The molecule has 0 aromatic heterocycles. The van der Waals surface area contributed by atoms with E-state index < -0.39 is 16.8 Å². The summed E-state index contributed by atoms with van der Waals surface area (Å²) in [6.45, 7) is 2.69. The van der Waals surface area contributed by atoms with Crippen LogP contribution < -0.4 is 10.6 Å². The van der Waals surface area contributed by atoms with Gasteiger partial charge in [0.05, 0.1) is 16.9 Å². The summed E-state index contributed by atoms with van der Waals surface area (Å²) >= 11 is 0. The van der Waals surface area contributed by atoms with Gasteiger partial charge in [0, 0.05) is 30.9 Å². The number of unbranched alkanes of at least 4 members (excludes halogenated alkanes) is 2. The number of nitrogens with one attached hydrogen (secondary N) is 2. The number of carboxylic acids is 1. The van der Waals surface area contributed by atoms with Gasteiger partial charge in [-0.05, 0) is 12.5 Å². The molecule has 0 atom stereocenters.